The van der Waals surface area contributed by atoms with Crippen LogP contribution in [0.1, 0.15) is 36.2 Å². The number of nitrogens with one attached hydrogen (secondary N) is 1. The summed E-state index contributed by atoms with van der Waals surface area (Å²) in [6, 6.07) is 4.49. The Morgan fingerprint density at radius 2 is 2.32 bits per heavy atom. The van der Waals surface area contributed by atoms with Crippen molar-refractivity contribution >= 4 is 17.7 Å². The fourth-order valence-corrected chi connectivity index (χ4v) is 1.99. The van der Waals surface area contributed by atoms with E-state index in [1.165, 1.54) is 6.07 Å². The van der Waals surface area contributed by atoms with Gasteiger partial charge in [0.15, 0.2) is 5.69 Å². The van der Waals surface area contributed by atoms with Crippen LogP contribution in [0.3, 0.4) is 0 Å². The van der Waals surface area contributed by atoms with Crippen molar-refractivity contribution in [2.75, 3.05) is 11.9 Å². The van der Waals surface area contributed by atoms with E-state index in [2.05, 4.69) is 10.3 Å². The number of hydrogen-bond acceptors (Lipinski definition) is 4. The minimum Gasteiger partial charge on any atom is -0.477 e. The second kappa shape index (κ2) is 6.29. The van der Waals surface area contributed by atoms with Crippen LogP contribution in [0, 0.1) is 0 Å². The molecule has 1 aliphatic heterocycles. The maximum atomic E-state index is 11.7. The number of carbonyl (C=O) groups is 2. The van der Waals surface area contributed by atoms with E-state index in [4.69, 9.17) is 9.84 Å². The fraction of sp³-hybridized carbons (Fsp3) is 0.462. The van der Waals surface area contributed by atoms with E-state index >= 15 is 0 Å². The van der Waals surface area contributed by atoms with Crippen molar-refractivity contribution in [1.82, 2.24) is 4.98 Å². The highest BCUT2D eigenvalue weighted by molar-refractivity contribution is 5.91. The smallest absolute Gasteiger partial charge is 0.354 e. The lowest BCUT2D eigenvalue weighted by molar-refractivity contribution is -0.116. The lowest BCUT2D eigenvalue weighted by Crippen LogP contribution is -2.16. The van der Waals surface area contributed by atoms with E-state index in [1.807, 2.05) is 0 Å². The fourth-order valence-electron chi connectivity index (χ4n) is 1.99. The molecule has 1 fully saturated rings. The summed E-state index contributed by atoms with van der Waals surface area (Å²) in [6.45, 7) is 0.772. The van der Waals surface area contributed by atoms with E-state index in [0.29, 0.717) is 12.8 Å². The average Bonchev–Trinajstić information content (AvgIpc) is 2.90. The van der Waals surface area contributed by atoms with Crippen LogP contribution in [0.15, 0.2) is 18.2 Å². The Labute approximate surface area is 110 Å². The van der Waals surface area contributed by atoms with Crippen molar-refractivity contribution in [1.29, 1.82) is 0 Å². The van der Waals surface area contributed by atoms with Gasteiger partial charge in [0, 0.05) is 13.0 Å². The Kier molecular flexibility index (Phi) is 4.46. The standard InChI is InChI=1S/C13H16N2O4/c16-12(7-6-9-3-2-8-19-9)15-11-5-1-4-10(14-11)13(17)18/h1,4-5,9H,2-3,6-8H2,(H,17,18)(H,14,15,16). The number of hydrogen-bond donors (Lipinski definition) is 2. The van der Waals surface area contributed by atoms with Gasteiger partial charge in [-0.25, -0.2) is 9.78 Å². The highest BCUT2D eigenvalue weighted by atomic mass is 16.5. The lowest BCUT2D eigenvalue weighted by atomic mass is 10.1. The zero-order valence-electron chi connectivity index (χ0n) is 10.5. The Morgan fingerprint density at radius 3 is 3.00 bits per heavy atom. The maximum absolute atomic E-state index is 11.7. The van der Waals surface area contributed by atoms with Crippen LogP contribution in [0.4, 0.5) is 5.82 Å². The molecule has 102 valence electrons. The molecule has 1 atom stereocenters. The number of amides is 1. The van der Waals surface area contributed by atoms with Crippen LogP contribution in [0.25, 0.3) is 0 Å². The van der Waals surface area contributed by atoms with E-state index in [9.17, 15) is 9.59 Å². The van der Waals surface area contributed by atoms with Gasteiger partial charge in [-0.1, -0.05) is 6.07 Å². The topological polar surface area (TPSA) is 88.5 Å². The second-order valence-corrected chi connectivity index (χ2v) is 4.44. The largest absolute Gasteiger partial charge is 0.477 e. The molecule has 1 saturated heterocycles. The molecule has 19 heavy (non-hydrogen) atoms. The predicted molar refractivity (Wildman–Crippen MR) is 68.0 cm³/mol. The van der Waals surface area contributed by atoms with Crippen molar-refractivity contribution < 1.29 is 19.4 Å². The van der Waals surface area contributed by atoms with E-state index in [0.717, 1.165) is 19.4 Å². The number of rotatable bonds is 5. The van der Waals surface area contributed by atoms with Crippen LogP contribution in [0.2, 0.25) is 0 Å². The van der Waals surface area contributed by atoms with Gasteiger partial charge < -0.3 is 15.2 Å². The first-order valence-electron chi connectivity index (χ1n) is 6.27. The molecule has 2 N–H and O–H groups in total. The van der Waals surface area contributed by atoms with Crippen LogP contribution in [-0.2, 0) is 9.53 Å². The number of anilines is 1. The van der Waals surface area contributed by atoms with Gasteiger partial charge in [0.05, 0.1) is 6.10 Å². The molecule has 0 radical (unpaired) electrons. The molecule has 2 heterocycles. The number of pyridine rings is 1. The first-order chi connectivity index (χ1) is 9.15. The molecule has 0 bridgehead atoms. The molecule has 6 nitrogen and oxygen atoms in total. The minimum absolute atomic E-state index is 0.0862. The first-order valence-corrected chi connectivity index (χ1v) is 6.27. The van der Waals surface area contributed by atoms with Gasteiger partial charge in [0.25, 0.3) is 0 Å². The van der Waals surface area contributed by atoms with E-state index < -0.39 is 5.97 Å². The zero-order chi connectivity index (χ0) is 13.7. The molecular weight excluding hydrogens is 248 g/mol. The molecule has 2 rings (SSSR count). The number of nitrogens with zero attached hydrogens (tertiary/aromatic N) is 1. The van der Waals surface area contributed by atoms with Gasteiger partial charge in [0.1, 0.15) is 5.82 Å². The Balaban J connectivity index is 1.84. The average molecular weight is 264 g/mol. The van der Waals surface area contributed by atoms with Crippen molar-refractivity contribution in [2.45, 2.75) is 31.8 Å². The Hall–Kier alpha value is -1.95. The summed E-state index contributed by atoms with van der Waals surface area (Å²) in [7, 11) is 0. The van der Waals surface area contributed by atoms with Crippen LogP contribution >= 0.6 is 0 Å². The monoisotopic (exact) mass is 264 g/mol. The SMILES string of the molecule is O=C(CCC1CCCO1)Nc1cccc(C(=O)O)n1. The molecule has 1 aromatic heterocycles. The number of carboxylic acid groups (broad SMARTS) is 1. The van der Waals surface area contributed by atoms with Gasteiger partial charge in [-0.05, 0) is 31.4 Å². The van der Waals surface area contributed by atoms with Crippen molar-refractivity contribution in [3.05, 3.63) is 23.9 Å². The van der Waals surface area contributed by atoms with Gasteiger partial charge >= 0.3 is 5.97 Å². The van der Waals surface area contributed by atoms with E-state index in [1.54, 1.807) is 12.1 Å². The molecule has 1 aliphatic rings. The van der Waals surface area contributed by atoms with Crippen LogP contribution < -0.4 is 5.32 Å². The number of carboxylic acids is 1. The minimum atomic E-state index is -1.12. The van der Waals surface area contributed by atoms with Gasteiger partial charge in [-0.15, -0.1) is 0 Å². The molecule has 0 saturated carbocycles. The molecule has 1 amide bonds. The molecule has 1 aromatic rings. The van der Waals surface area contributed by atoms with Crippen molar-refractivity contribution in [3.8, 4) is 0 Å². The molecular formula is C13H16N2O4. The second-order valence-electron chi connectivity index (χ2n) is 4.44. The van der Waals surface area contributed by atoms with Crippen LogP contribution in [0.5, 0.6) is 0 Å². The van der Waals surface area contributed by atoms with Crippen molar-refractivity contribution in [2.24, 2.45) is 0 Å². The Morgan fingerprint density at radius 1 is 1.47 bits per heavy atom. The predicted octanol–water partition coefficient (Wildman–Crippen LogP) is 1.68. The van der Waals surface area contributed by atoms with E-state index in [-0.39, 0.29) is 23.5 Å². The summed E-state index contributed by atoms with van der Waals surface area (Å²) in [6.07, 6.45) is 3.26. The molecule has 0 spiro atoms. The molecule has 6 heteroatoms. The number of carbonyl (C=O) groups excluding carboxylic acids is 1. The van der Waals surface area contributed by atoms with Crippen molar-refractivity contribution in [3.63, 3.8) is 0 Å². The lowest BCUT2D eigenvalue weighted by Gasteiger charge is -2.09. The number of ether oxygens (including phenoxy) is 1. The first kappa shape index (κ1) is 13.5. The highest BCUT2D eigenvalue weighted by Gasteiger charge is 2.17. The summed E-state index contributed by atoms with van der Waals surface area (Å²) in [5, 5.41) is 11.4. The molecule has 0 aromatic carbocycles. The quantitative estimate of drug-likeness (QED) is 0.844. The van der Waals surface area contributed by atoms with Gasteiger partial charge in [0.2, 0.25) is 5.91 Å². The summed E-state index contributed by atoms with van der Waals surface area (Å²) in [4.78, 5) is 26.3. The third-order valence-corrected chi connectivity index (χ3v) is 2.95. The number of aromatic nitrogens is 1. The summed E-state index contributed by atoms with van der Waals surface area (Å²) >= 11 is 0. The Bertz CT molecular complexity index is 469. The molecule has 1 unspecified atom stereocenters. The maximum Gasteiger partial charge on any atom is 0.354 e. The van der Waals surface area contributed by atoms with Gasteiger partial charge in [-0.3, -0.25) is 4.79 Å². The third-order valence-electron chi connectivity index (χ3n) is 2.95. The third kappa shape index (κ3) is 4.03. The summed E-state index contributed by atoms with van der Waals surface area (Å²) < 4.78 is 5.43. The zero-order valence-corrected chi connectivity index (χ0v) is 10.5. The highest BCUT2D eigenvalue weighted by Crippen LogP contribution is 2.17. The normalized spacial score (nSPS) is 18.2. The number of aromatic carboxylic acids is 1. The summed E-state index contributed by atoms with van der Waals surface area (Å²) in [5.41, 5.74) is -0.0862. The van der Waals surface area contributed by atoms with Crippen LogP contribution in [-0.4, -0.2) is 34.7 Å². The summed E-state index contributed by atoms with van der Waals surface area (Å²) in [5.74, 6) is -1.03. The van der Waals surface area contributed by atoms with Gasteiger partial charge in [-0.2, -0.15) is 0 Å². The molecule has 0 aliphatic carbocycles.